The van der Waals surface area contributed by atoms with E-state index < -0.39 is 11.8 Å². The first-order chi connectivity index (χ1) is 9.45. The molecule has 1 saturated carbocycles. The van der Waals surface area contributed by atoms with Crippen molar-refractivity contribution in [3.63, 3.8) is 0 Å². The predicted molar refractivity (Wildman–Crippen MR) is 76.2 cm³/mol. The average Bonchev–Trinajstić information content (AvgIpc) is 2.38. The van der Waals surface area contributed by atoms with Gasteiger partial charge in [0.15, 0.2) is 0 Å². The molecule has 0 aromatic heterocycles. The standard InChI is InChI=1S/C16H22FNO2/c1-11-3-5-15(6-4-11)18(2)10-12-7-13(16(19)20)9-14(17)8-12/h7-9,11,15H,3-6,10H2,1-2H3,(H,19,20). The molecular weight excluding hydrogens is 257 g/mol. The molecule has 0 spiro atoms. The third kappa shape index (κ3) is 3.79. The Balaban J connectivity index is 2.03. The molecular formula is C16H22FNO2. The van der Waals surface area contributed by atoms with Gasteiger partial charge in [0.05, 0.1) is 5.56 Å². The van der Waals surface area contributed by atoms with Gasteiger partial charge in [-0.2, -0.15) is 0 Å². The van der Waals surface area contributed by atoms with E-state index >= 15 is 0 Å². The Morgan fingerprint density at radius 1 is 1.30 bits per heavy atom. The van der Waals surface area contributed by atoms with Crippen LogP contribution in [-0.4, -0.2) is 29.1 Å². The number of halogens is 1. The number of carboxylic acids is 1. The Kier molecular flexibility index (Phi) is 4.76. The van der Waals surface area contributed by atoms with Crippen molar-refractivity contribution >= 4 is 5.97 Å². The molecule has 1 aliphatic rings. The summed E-state index contributed by atoms with van der Waals surface area (Å²) in [4.78, 5) is 13.2. The summed E-state index contributed by atoms with van der Waals surface area (Å²) in [5, 5.41) is 8.97. The third-order valence-corrected chi connectivity index (χ3v) is 4.25. The molecule has 0 amide bonds. The van der Waals surface area contributed by atoms with E-state index in [1.807, 2.05) is 7.05 Å². The van der Waals surface area contributed by atoms with E-state index in [1.165, 1.54) is 31.7 Å². The van der Waals surface area contributed by atoms with Gasteiger partial charge >= 0.3 is 5.97 Å². The summed E-state index contributed by atoms with van der Waals surface area (Å²) in [6.45, 7) is 2.87. The van der Waals surface area contributed by atoms with Crippen LogP contribution in [0.5, 0.6) is 0 Å². The fraction of sp³-hybridized carbons (Fsp3) is 0.562. The molecule has 0 bridgehead atoms. The van der Waals surface area contributed by atoms with Gasteiger partial charge in [-0.3, -0.25) is 4.90 Å². The largest absolute Gasteiger partial charge is 0.478 e. The number of nitrogens with zero attached hydrogens (tertiary/aromatic N) is 1. The second kappa shape index (κ2) is 6.35. The Morgan fingerprint density at radius 2 is 1.95 bits per heavy atom. The van der Waals surface area contributed by atoms with Crippen LogP contribution in [0.2, 0.25) is 0 Å². The predicted octanol–water partition coefficient (Wildman–Crippen LogP) is 3.53. The molecule has 2 rings (SSSR count). The smallest absolute Gasteiger partial charge is 0.335 e. The highest BCUT2D eigenvalue weighted by molar-refractivity contribution is 5.87. The van der Waals surface area contributed by atoms with Crippen molar-refractivity contribution in [3.05, 3.63) is 35.1 Å². The summed E-state index contributed by atoms with van der Waals surface area (Å²) in [6, 6.07) is 4.57. The van der Waals surface area contributed by atoms with Crippen molar-refractivity contribution < 1.29 is 14.3 Å². The van der Waals surface area contributed by atoms with Crippen LogP contribution in [-0.2, 0) is 6.54 Å². The molecule has 0 aliphatic heterocycles. The monoisotopic (exact) mass is 279 g/mol. The average molecular weight is 279 g/mol. The molecule has 4 heteroatoms. The maximum Gasteiger partial charge on any atom is 0.335 e. The summed E-state index contributed by atoms with van der Waals surface area (Å²) < 4.78 is 13.5. The molecule has 0 saturated heterocycles. The van der Waals surface area contributed by atoms with Gasteiger partial charge in [0.1, 0.15) is 5.82 Å². The zero-order valence-electron chi connectivity index (χ0n) is 12.1. The lowest BCUT2D eigenvalue weighted by Crippen LogP contribution is -2.34. The highest BCUT2D eigenvalue weighted by Gasteiger charge is 2.22. The zero-order valence-corrected chi connectivity index (χ0v) is 12.1. The zero-order chi connectivity index (χ0) is 14.7. The number of hydrogen-bond donors (Lipinski definition) is 1. The molecule has 0 radical (unpaired) electrons. The first-order valence-electron chi connectivity index (χ1n) is 7.18. The molecule has 1 aromatic carbocycles. The number of carbonyl (C=O) groups is 1. The van der Waals surface area contributed by atoms with E-state index in [1.54, 1.807) is 6.07 Å². The van der Waals surface area contributed by atoms with Crippen molar-refractivity contribution in [3.8, 4) is 0 Å². The second-order valence-corrected chi connectivity index (χ2v) is 5.98. The van der Waals surface area contributed by atoms with Crippen LogP contribution in [0.15, 0.2) is 18.2 Å². The first kappa shape index (κ1) is 15.0. The summed E-state index contributed by atoms with van der Waals surface area (Å²) in [5.74, 6) is -0.766. The quantitative estimate of drug-likeness (QED) is 0.916. The molecule has 1 N–H and O–H groups in total. The maximum atomic E-state index is 13.5. The molecule has 0 atom stereocenters. The van der Waals surface area contributed by atoms with Crippen molar-refractivity contribution in [2.45, 2.75) is 45.2 Å². The van der Waals surface area contributed by atoms with Crippen molar-refractivity contribution in [2.75, 3.05) is 7.05 Å². The summed E-state index contributed by atoms with van der Waals surface area (Å²) >= 11 is 0. The summed E-state index contributed by atoms with van der Waals surface area (Å²) in [5.41, 5.74) is 0.745. The van der Waals surface area contributed by atoms with Crippen LogP contribution in [0, 0.1) is 11.7 Å². The van der Waals surface area contributed by atoms with E-state index in [9.17, 15) is 9.18 Å². The molecule has 3 nitrogen and oxygen atoms in total. The topological polar surface area (TPSA) is 40.5 Å². The van der Waals surface area contributed by atoms with E-state index in [4.69, 9.17) is 5.11 Å². The molecule has 1 aliphatic carbocycles. The van der Waals surface area contributed by atoms with E-state index in [0.29, 0.717) is 12.6 Å². The van der Waals surface area contributed by atoms with E-state index in [-0.39, 0.29) is 5.56 Å². The maximum absolute atomic E-state index is 13.5. The van der Waals surface area contributed by atoms with E-state index in [0.717, 1.165) is 17.5 Å². The summed E-state index contributed by atoms with van der Waals surface area (Å²) in [7, 11) is 2.03. The number of rotatable bonds is 4. The minimum atomic E-state index is -1.08. The van der Waals surface area contributed by atoms with E-state index in [2.05, 4.69) is 11.8 Å². The molecule has 0 heterocycles. The lowest BCUT2D eigenvalue weighted by Gasteiger charge is -2.33. The highest BCUT2D eigenvalue weighted by atomic mass is 19.1. The van der Waals surface area contributed by atoms with Gasteiger partial charge in [0.25, 0.3) is 0 Å². The number of aromatic carboxylic acids is 1. The van der Waals surface area contributed by atoms with Crippen LogP contribution >= 0.6 is 0 Å². The minimum Gasteiger partial charge on any atom is -0.478 e. The molecule has 20 heavy (non-hydrogen) atoms. The second-order valence-electron chi connectivity index (χ2n) is 5.98. The fourth-order valence-corrected chi connectivity index (χ4v) is 2.97. The molecule has 1 fully saturated rings. The molecule has 1 aromatic rings. The number of carboxylic acid groups (broad SMARTS) is 1. The van der Waals surface area contributed by atoms with Gasteiger partial charge in [-0.05, 0) is 62.4 Å². The lowest BCUT2D eigenvalue weighted by atomic mass is 9.86. The number of hydrogen-bond acceptors (Lipinski definition) is 2. The van der Waals surface area contributed by atoms with Crippen molar-refractivity contribution in [2.24, 2.45) is 5.92 Å². The van der Waals surface area contributed by atoms with Gasteiger partial charge in [0.2, 0.25) is 0 Å². The third-order valence-electron chi connectivity index (χ3n) is 4.25. The fourth-order valence-electron chi connectivity index (χ4n) is 2.97. The van der Waals surface area contributed by atoms with Crippen LogP contribution in [0.4, 0.5) is 4.39 Å². The van der Waals surface area contributed by atoms with Crippen molar-refractivity contribution in [1.29, 1.82) is 0 Å². The number of benzene rings is 1. The van der Waals surface area contributed by atoms with Crippen LogP contribution in [0.25, 0.3) is 0 Å². The van der Waals surface area contributed by atoms with Crippen molar-refractivity contribution in [1.82, 2.24) is 4.90 Å². The van der Waals surface area contributed by atoms with Gasteiger partial charge in [-0.25, -0.2) is 9.18 Å². The lowest BCUT2D eigenvalue weighted by molar-refractivity contribution is 0.0696. The van der Waals surface area contributed by atoms with Gasteiger partial charge in [0, 0.05) is 12.6 Å². The Hall–Kier alpha value is -1.42. The van der Waals surface area contributed by atoms with Crippen LogP contribution in [0.3, 0.4) is 0 Å². The van der Waals surface area contributed by atoms with Gasteiger partial charge in [-0.1, -0.05) is 6.92 Å². The molecule has 0 unspecified atom stereocenters. The van der Waals surface area contributed by atoms with Gasteiger partial charge < -0.3 is 5.11 Å². The SMILES string of the molecule is CC1CCC(N(C)Cc2cc(F)cc(C(=O)O)c2)CC1. The highest BCUT2D eigenvalue weighted by Crippen LogP contribution is 2.27. The molecule has 110 valence electrons. The normalized spacial score (nSPS) is 23.0. The van der Waals surface area contributed by atoms with Crippen LogP contribution in [0.1, 0.15) is 48.5 Å². The Morgan fingerprint density at radius 3 is 2.55 bits per heavy atom. The Bertz CT molecular complexity index is 481. The Labute approximate surface area is 119 Å². The first-order valence-corrected chi connectivity index (χ1v) is 7.18. The van der Waals surface area contributed by atoms with Crippen LogP contribution < -0.4 is 0 Å². The minimum absolute atomic E-state index is 0.0191. The summed E-state index contributed by atoms with van der Waals surface area (Å²) in [6.07, 6.45) is 4.80. The van der Waals surface area contributed by atoms with Gasteiger partial charge in [-0.15, -0.1) is 0 Å².